The van der Waals surface area contributed by atoms with Gasteiger partial charge < -0.3 is 4.74 Å². The summed E-state index contributed by atoms with van der Waals surface area (Å²) < 4.78 is 6.11. The van der Waals surface area contributed by atoms with Gasteiger partial charge in [0, 0.05) is 0 Å². The minimum atomic E-state index is 0.0567. The van der Waals surface area contributed by atoms with Crippen LogP contribution in [0.3, 0.4) is 0 Å². The molecule has 0 aliphatic heterocycles. The first kappa shape index (κ1) is 20.5. The van der Waals surface area contributed by atoms with Crippen molar-refractivity contribution in [2.45, 2.75) is 86.2 Å². The van der Waals surface area contributed by atoms with Crippen molar-refractivity contribution in [1.82, 2.24) is 0 Å². The summed E-state index contributed by atoms with van der Waals surface area (Å²) in [4.78, 5) is 0. The standard InChI is InChI=1S/C23H36O/c1-10-11-18(8)14-24-19(9)23-21(16(4)5)12-20(15(2)3)13-22(23)17(6)7/h10-17,19H,1-9H3/b11-10+,18-14+/t19-/m1/s1. The fourth-order valence-corrected chi connectivity index (χ4v) is 3.06. The van der Waals surface area contributed by atoms with E-state index in [0.717, 1.165) is 5.57 Å². The van der Waals surface area contributed by atoms with E-state index in [-0.39, 0.29) is 6.10 Å². The predicted molar refractivity (Wildman–Crippen MR) is 107 cm³/mol. The summed E-state index contributed by atoms with van der Waals surface area (Å²) in [6.07, 6.45) is 6.05. The van der Waals surface area contributed by atoms with Gasteiger partial charge in [-0.3, -0.25) is 0 Å². The molecule has 0 saturated carbocycles. The van der Waals surface area contributed by atoms with Crippen molar-refractivity contribution in [3.63, 3.8) is 0 Å². The number of hydrogen-bond donors (Lipinski definition) is 0. The van der Waals surface area contributed by atoms with Crippen molar-refractivity contribution in [3.8, 4) is 0 Å². The van der Waals surface area contributed by atoms with Crippen LogP contribution in [0, 0.1) is 0 Å². The third kappa shape index (κ3) is 5.26. The second-order valence-electron chi connectivity index (χ2n) is 7.72. The molecule has 24 heavy (non-hydrogen) atoms. The Morgan fingerprint density at radius 1 is 0.875 bits per heavy atom. The third-order valence-corrected chi connectivity index (χ3v) is 4.47. The van der Waals surface area contributed by atoms with Crippen molar-refractivity contribution in [2.75, 3.05) is 0 Å². The summed E-state index contributed by atoms with van der Waals surface area (Å²) in [6.45, 7) is 19.9. The molecule has 0 heterocycles. The van der Waals surface area contributed by atoms with Crippen LogP contribution in [0.15, 0.2) is 36.1 Å². The molecule has 1 rings (SSSR count). The van der Waals surface area contributed by atoms with Gasteiger partial charge in [0.2, 0.25) is 0 Å². The summed E-state index contributed by atoms with van der Waals surface area (Å²) in [5.41, 5.74) is 6.79. The Bertz CT molecular complexity index is 559. The molecule has 0 aliphatic rings. The van der Waals surface area contributed by atoms with Gasteiger partial charge in [-0.25, -0.2) is 0 Å². The highest BCUT2D eigenvalue weighted by molar-refractivity contribution is 5.45. The monoisotopic (exact) mass is 328 g/mol. The van der Waals surface area contributed by atoms with Crippen LogP contribution < -0.4 is 0 Å². The highest BCUT2D eigenvalue weighted by Crippen LogP contribution is 2.37. The van der Waals surface area contributed by atoms with Crippen molar-refractivity contribution < 1.29 is 4.74 Å². The lowest BCUT2D eigenvalue weighted by Gasteiger charge is -2.26. The zero-order chi connectivity index (χ0) is 18.4. The van der Waals surface area contributed by atoms with E-state index in [1.54, 1.807) is 0 Å². The molecule has 1 heteroatoms. The lowest BCUT2D eigenvalue weighted by Crippen LogP contribution is -2.10. The maximum atomic E-state index is 6.11. The molecular formula is C23H36O. The van der Waals surface area contributed by atoms with Gasteiger partial charge in [-0.1, -0.05) is 65.8 Å². The summed E-state index contributed by atoms with van der Waals surface area (Å²) in [5.74, 6) is 1.52. The zero-order valence-electron chi connectivity index (χ0n) is 17.1. The van der Waals surface area contributed by atoms with Crippen LogP contribution in [0.25, 0.3) is 0 Å². The maximum Gasteiger partial charge on any atom is 0.121 e. The summed E-state index contributed by atoms with van der Waals surface area (Å²) in [5, 5.41) is 0. The fraction of sp³-hybridized carbons (Fsp3) is 0.565. The molecule has 0 radical (unpaired) electrons. The molecule has 0 aromatic heterocycles. The first-order valence-electron chi connectivity index (χ1n) is 9.31. The maximum absolute atomic E-state index is 6.11. The smallest absolute Gasteiger partial charge is 0.121 e. The Morgan fingerprint density at radius 2 is 1.38 bits per heavy atom. The topological polar surface area (TPSA) is 9.23 Å². The van der Waals surface area contributed by atoms with E-state index >= 15 is 0 Å². The normalized spacial score (nSPS) is 14.2. The van der Waals surface area contributed by atoms with Crippen LogP contribution in [0.4, 0.5) is 0 Å². The van der Waals surface area contributed by atoms with Gasteiger partial charge in [-0.05, 0) is 66.4 Å². The van der Waals surface area contributed by atoms with Crippen molar-refractivity contribution in [2.24, 2.45) is 0 Å². The Hall–Kier alpha value is -1.50. The molecule has 1 aromatic rings. The predicted octanol–water partition coefficient (Wildman–Crippen LogP) is 7.61. The van der Waals surface area contributed by atoms with E-state index in [1.807, 2.05) is 19.3 Å². The number of rotatable bonds is 7. The zero-order valence-corrected chi connectivity index (χ0v) is 17.1. The van der Waals surface area contributed by atoms with E-state index in [0.29, 0.717) is 17.8 Å². The first-order chi connectivity index (χ1) is 11.2. The molecule has 0 amide bonds. The number of ether oxygens (including phenoxy) is 1. The highest BCUT2D eigenvalue weighted by atomic mass is 16.5. The Kier molecular flexibility index (Phi) is 7.79. The van der Waals surface area contributed by atoms with Gasteiger partial charge >= 0.3 is 0 Å². The van der Waals surface area contributed by atoms with Gasteiger partial charge in [0.1, 0.15) is 6.10 Å². The molecule has 1 atom stereocenters. The van der Waals surface area contributed by atoms with Gasteiger partial charge in [-0.15, -0.1) is 0 Å². The van der Waals surface area contributed by atoms with Crippen molar-refractivity contribution in [3.05, 3.63) is 58.4 Å². The van der Waals surface area contributed by atoms with E-state index in [9.17, 15) is 0 Å². The summed E-state index contributed by atoms with van der Waals surface area (Å²) in [6, 6.07) is 4.78. The van der Waals surface area contributed by atoms with Gasteiger partial charge in [0.25, 0.3) is 0 Å². The first-order valence-corrected chi connectivity index (χ1v) is 9.31. The molecule has 0 bridgehead atoms. The van der Waals surface area contributed by atoms with E-state index in [1.165, 1.54) is 22.3 Å². The fourth-order valence-electron chi connectivity index (χ4n) is 3.06. The van der Waals surface area contributed by atoms with Gasteiger partial charge in [-0.2, -0.15) is 0 Å². The number of benzene rings is 1. The highest BCUT2D eigenvalue weighted by Gasteiger charge is 2.21. The lowest BCUT2D eigenvalue weighted by molar-refractivity contribution is 0.160. The minimum Gasteiger partial charge on any atom is -0.493 e. The van der Waals surface area contributed by atoms with Crippen LogP contribution in [-0.2, 0) is 4.74 Å². The molecule has 1 aromatic carbocycles. The number of hydrogen-bond acceptors (Lipinski definition) is 1. The van der Waals surface area contributed by atoms with Crippen molar-refractivity contribution in [1.29, 1.82) is 0 Å². The molecule has 0 unspecified atom stereocenters. The molecule has 0 saturated heterocycles. The van der Waals surface area contributed by atoms with E-state index < -0.39 is 0 Å². The second kappa shape index (κ2) is 9.11. The minimum absolute atomic E-state index is 0.0567. The summed E-state index contributed by atoms with van der Waals surface area (Å²) in [7, 11) is 0. The molecular weight excluding hydrogens is 292 g/mol. The van der Waals surface area contributed by atoms with Gasteiger partial charge in [0.15, 0.2) is 0 Å². The molecule has 134 valence electrons. The van der Waals surface area contributed by atoms with Crippen LogP contribution >= 0.6 is 0 Å². The number of allylic oxidation sites excluding steroid dienone is 3. The SMILES string of the molecule is C/C=C/C(C)=C/O[C@H](C)c1c(C(C)C)cc(C(C)C)cc1C(C)C. The van der Waals surface area contributed by atoms with E-state index in [2.05, 4.69) is 73.6 Å². The average Bonchev–Trinajstić information content (AvgIpc) is 2.51. The Morgan fingerprint density at radius 3 is 1.75 bits per heavy atom. The van der Waals surface area contributed by atoms with E-state index in [4.69, 9.17) is 4.74 Å². The molecule has 0 aliphatic carbocycles. The van der Waals surface area contributed by atoms with Crippen LogP contribution in [0.2, 0.25) is 0 Å². The van der Waals surface area contributed by atoms with Crippen LogP contribution in [0.1, 0.15) is 108 Å². The van der Waals surface area contributed by atoms with Crippen molar-refractivity contribution >= 4 is 0 Å². The Balaban J connectivity index is 3.40. The van der Waals surface area contributed by atoms with Crippen LogP contribution in [-0.4, -0.2) is 0 Å². The molecule has 1 nitrogen and oxygen atoms in total. The second-order valence-corrected chi connectivity index (χ2v) is 7.72. The molecule has 0 N–H and O–H groups in total. The quantitative estimate of drug-likeness (QED) is 0.369. The Labute approximate surface area is 149 Å². The van der Waals surface area contributed by atoms with Crippen LogP contribution in [0.5, 0.6) is 0 Å². The lowest BCUT2D eigenvalue weighted by atomic mass is 9.82. The molecule has 0 spiro atoms. The third-order valence-electron chi connectivity index (χ3n) is 4.47. The largest absolute Gasteiger partial charge is 0.493 e. The van der Waals surface area contributed by atoms with Gasteiger partial charge in [0.05, 0.1) is 6.26 Å². The summed E-state index contributed by atoms with van der Waals surface area (Å²) >= 11 is 0. The average molecular weight is 329 g/mol. The molecule has 0 fully saturated rings.